The first kappa shape index (κ1) is 13.8. The minimum Gasteiger partial charge on any atom is -0.491 e. The molecule has 1 aliphatic carbocycles. The predicted octanol–water partition coefficient (Wildman–Crippen LogP) is 4.60. The Hall–Kier alpha value is -2.58. The van der Waals surface area contributed by atoms with E-state index in [1.165, 1.54) is 22.3 Å². The Kier molecular flexibility index (Phi) is 3.54. The van der Waals surface area contributed by atoms with Crippen LogP contribution in [0.1, 0.15) is 18.1 Å². The molecule has 0 saturated heterocycles. The van der Waals surface area contributed by atoms with Gasteiger partial charge in [-0.3, -0.25) is 0 Å². The Bertz CT molecular complexity index is 947. The molecular weight excluding hydrogens is 296 g/mol. The fourth-order valence-electron chi connectivity index (χ4n) is 3.47. The molecule has 0 atom stereocenters. The maximum absolute atomic E-state index is 8.94. The highest BCUT2D eigenvalue weighted by Gasteiger charge is 2.21. The van der Waals surface area contributed by atoms with Gasteiger partial charge in [0.1, 0.15) is 12.4 Å². The van der Waals surface area contributed by atoms with Crippen molar-refractivity contribution in [2.45, 2.75) is 13.3 Å². The smallest absolute Gasteiger partial charge is 0.122 e. The molecule has 4 rings (SSSR count). The summed E-state index contributed by atoms with van der Waals surface area (Å²) in [6.45, 7) is 2.12. The first-order valence-corrected chi connectivity index (χ1v) is 8.25. The average Bonchev–Trinajstić information content (AvgIpc) is 3.02. The summed E-state index contributed by atoms with van der Waals surface area (Å²) in [5.41, 5.74) is 8.06. The summed E-state index contributed by atoms with van der Waals surface area (Å²) in [6.07, 6.45) is 0.906. The zero-order chi connectivity index (χ0) is 17.4. The van der Waals surface area contributed by atoms with Crippen molar-refractivity contribution in [1.29, 1.82) is 0 Å². The van der Waals surface area contributed by atoms with E-state index in [4.69, 9.17) is 11.2 Å². The summed E-state index contributed by atoms with van der Waals surface area (Å²) in [4.78, 5) is 0. The van der Waals surface area contributed by atoms with E-state index in [1.807, 2.05) is 19.1 Å². The second kappa shape index (κ2) is 6.14. The second-order valence-corrected chi connectivity index (χ2v) is 6.10. The first-order valence-electron chi connectivity index (χ1n) is 8.75. The van der Waals surface area contributed by atoms with Crippen molar-refractivity contribution < 1.29 is 11.2 Å². The average molecular weight is 317 g/mol. The quantitative estimate of drug-likeness (QED) is 0.596. The Morgan fingerprint density at radius 2 is 1.79 bits per heavy atom. The number of aliphatic hydroxyl groups excluding tert-OH is 1. The number of benzene rings is 3. The lowest BCUT2D eigenvalue weighted by Crippen LogP contribution is -2.02. The predicted molar refractivity (Wildman–Crippen MR) is 97.4 cm³/mol. The zero-order valence-electron chi connectivity index (χ0n) is 14.7. The molecule has 0 aromatic heterocycles. The molecule has 24 heavy (non-hydrogen) atoms. The third-order valence-corrected chi connectivity index (χ3v) is 4.58. The van der Waals surface area contributed by atoms with Crippen molar-refractivity contribution in [2.24, 2.45) is 0 Å². The van der Waals surface area contributed by atoms with Crippen LogP contribution in [0.15, 0.2) is 60.6 Å². The molecule has 0 amide bonds. The van der Waals surface area contributed by atoms with Gasteiger partial charge in [-0.25, -0.2) is 0 Å². The molecule has 0 saturated carbocycles. The molecule has 0 unspecified atom stereocenters. The molecule has 3 aromatic carbocycles. The number of aliphatic hydroxyl groups is 1. The minimum absolute atomic E-state index is 0.0288. The van der Waals surface area contributed by atoms with Gasteiger partial charge in [0.05, 0.1) is 7.98 Å². The van der Waals surface area contributed by atoms with Crippen LogP contribution in [0.2, 0.25) is 0 Å². The molecule has 2 nitrogen and oxygen atoms in total. The lowest BCUT2D eigenvalue weighted by molar-refractivity contribution is 0.200. The van der Waals surface area contributed by atoms with E-state index in [2.05, 4.69) is 42.5 Å². The van der Waals surface area contributed by atoms with E-state index in [0.717, 1.165) is 23.1 Å². The Morgan fingerprint density at radius 1 is 1.00 bits per heavy atom. The van der Waals surface area contributed by atoms with Gasteiger partial charge in [0.2, 0.25) is 0 Å². The van der Waals surface area contributed by atoms with Gasteiger partial charge in [0.15, 0.2) is 0 Å². The van der Waals surface area contributed by atoms with Gasteiger partial charge in [-0.1, -0.05) is 48.5 Å². The Balaban J connectivity index is 1.81. The molecule has 0 radical (unpaired) electrons. The summed E-state index contributed by atoms with van der Waals surface area (Å²) >= 11 is 0. The molecule has 2 heteroatoms. The van der Waals surface area contributed by atoms with Crippen LogP contribution in [0.5, 0.6) is 5.75 Å². The van der Waals surface area contributed by atoms with Crippen LogP contribution < -0.4 is 4.74 Å². The molecule has 0 heterocycles. The Labute approximate surface area is 143 Å². The highest BCUT2D eigenvalue weighted by Crippen LogP contribution is 2.41. The van der Waals surface area contributed by atoms with Crippen LogP contribution in [0, 0.1) is 6.92 Å². The summed E-state index contributed by atoms with van der Waals surface area (Å²) in [5, 5.41) is 8.94. The second-order valence-electron chi connectivity index (χ2n) is 6.10. The van der Waals surface area contributed by atoms with Crippen molar-refractivity contribution >= 4 is 0 Å². The van der Waals surface area contributed by atoms with Gasteiger partial charge in [-0.15, -0.1) is 0 Å². The van der Waals surface area contributed by atoms with Crippen molar-refractivity contribution in [3.05, 3.63) is 77.3 Å². The van der Waals surface area contributed by atoms with E-state index in [0.29, 0.717) is 11.8 Å². The van der Waals surface area contributed by atoms with Crippen molar-refractivity contribution in [1.82, 2.24) is 0 Å². The molecule has 0 bridgehead atoms. The largest absolute Gasteiger partial charge is 0.491 e. The lowest BCUT2D eigenvalue weighted by Gasteiger charge is -2.12. The maximum atomic E-state index is 8.94. The highest BCUT2D eigenvalue weighted by atomic mass is 16.5. The molecule has 0 aliphatic heterocycles. The summed E-state index contributed by atoms with van der Waals surface area (Å²) < 4.78 is 14.1. The van der Waals surface area contributed by atoms with Crippen LogP contribution in [0.25, 0.3) is 22.3 Å². The number of hydrogen-bond acceptors (Lipinski definition) is 2. The highest BCUT2D eigenvalue weighted by molar-refractivity contribution is 5.85. The summed E-state index contributed by atoms with van der Waals surface area (Å²) in [5.74, 6) is 0.665. The van der Waals surface area contributed by atoms with Gasteiger partial charge in [-0.2, -0.15) is 0 Å². The van der Waals surface area contributed by atoms with Crippen molar-refractivity contribution in [2.75, 3.05) is 13.2 Å². The van der Waals surface area contributed by atoms with Gasteiger partial charge in [-0.05, 0) is 64.4 Å². The van der Waals surface area contributed by atoms with Crippen molar-refractivity contribution in [3.63, 3.8) is 0 Å². The van der Waals surface area contributed by atoms with Gasteiger partial charge in [0, 0.05) is 0 Å². The van der Waals surface area contributed by atoms with Crippen molar-refractivity contribution in [3.8, 4) is 28.0 Å². The molecule has 0 fully saturated rings. The van der Waals surface area contributed by atoms with Crippen LogP contribution in [0.3, 0.4) is 0 Å². The molecule has 1 aliphatic rings. The molecule has 3 aromatic rings. The standard InChI is InChI=1S/C22H20O2/c1-15-13-17(9-10-22(15)24-12-11-23)19-7-4-8-20-18-6-3-2-5-16(18)14-21(19)20/h2-10,13,23H,11-12,14H2,1H3/i13D. The monoisotopic (exact) mass is 317 g/mol. The lowest BCUT2D eigenvalue weighted by atomic mass is 9.94. The molecular formula is C22H20O2. The van der Waals surface area contributed by atoms with E-state index in [-0.39, 0.29) is 13.2 Å². The Morgan fingerprint density at radius 3 is 2.67 bits per heavy atom. The molecule has 120 valence electrons. The number of rotatable bonds is 4. The van der Waals surface area contributed by atoms with Gasteiger partial charge >= 0.3 is 0 Å². The van der Waals surface area contributed by atoms with Gasteiger partial charge < -0.3 is 9.84 Å². The normalized spacial score (nSPS) is 12.5. The van der Waals surface area contributed by atoms with Crippen LogP contribution in [0.4, 0.5) is 0 Å². The van der Waals surface area contributed by atoms with Crippen LogP contribution in [-0.4, -0.2) is 18.3 Å². The van der Waals surface area contributed by atoms with Crippen LogP contribution in [-0.2, 0) is 6.42 Å². The van der Waals surface area contributed by atoms with Gasteiger partial charge in [0.25, 0.3) is 0 Å². The number of fused-ring (bicyclic) bond motifs is 3. The van der Waals surface area contributed by atoms with E-state index in [1.54, 1.807) is 0 Å². The third kappa shape index (κ3) is 2.49. The summed E-state index contributed by atoms with van der Waals surface area (Å²) in [6, 6.07) is 19.2. The zero-order valence-corrected chi connectivity index (χ0v) is 13.7. The fraction of sp³-hybridized carbons (Fsp3) is 0.182. The fourth-order valence-corrected chi connectivity index (χ4v) is 3.47. The summed E-state index contributed by atoms with van der Waals surface area (Å²) in [7, 11) is 0. The minimum atomic E-state index is -0.0288. The molecule has 0 spiro atoms. The van der Waals surface area contributed by atoms with Crippen LogP contribution >= 0.6 is 0 Å². The number of ether oxygens (including phenoxy) is 1. The third-order valence-electron chi connectivity index (χ3n) is 4.58. The molecule has 1 N–H and O–H groups in total. The van der Waals surface area contributed by atoms with E-state index in [9.17, 15) is 0 Å². The van der Waals surface area contributed by atoms with E-state index < -0.39 is 0 Å². The topological polar surface area (TPSA) is 29.5 Å². The SMILES string of the molecule is [2H]c1c(-c2cccc3c2Cc2ccccc2-3)ccc(OCCO)c1C. The van der Waals surface area contributed by atoms with E-state index >= 15 is 0 Å². The maximum Gasteiger partial charge on any atom is 0.122 e. The number of hydrogen-bond donors (Lipinski definition) is 1. The first-order chi connectivity index (χ1) is 12.2.